The van der Waals surface area contributed by atoms with Crippen molar-refractivity contribution in [1.82, 2.24) is 0 Å². The van der Waals surface area contributed by atoms with Crippen LogP contribution in [0.15, 0.2) is 84.9 Å². The number of benzene rings is 3. The van der Waals surface area contributed by atoms with Crippen molar-refractivity contribution in [3.05, 3.63) is 102 Å². The Kier molecular flexibility index (Phi) is 8.35. The summed E-state index contributed by atoms with van der Waals surface area (Å²) < 4.78 is 16.4. The molecule has 0 spiro atoms. The Labute approximate surface area is 188 Å². The molecule has 0 saturated heterocycles. The van der Waals surface area contributed by atoms with Gasteiger partial charge in [-0.1, -0.05) is 55.5 Å². The van der Waals surface area contributed by atoms with Crippen LogP contribution in [0.3, 0.4) is 0 Å². The van der Waals surface area contributed by atoms with E-state index in [0.717, 1.165) is 12.0 Å². The molecule has 0 saturated carbocycles. The van der Waals surface area contributed by atoms with Gasteiger partial charge in [-0.15, -0.1) is 0 Å². The summed E-state index contributed by atoms with van der Waals surface area (Å²) >= 11 is 0. The van der Waals surface area contributed by atoms with Gasteiger partial charge in [-0.25, -0.2) is 4.79 Å². The maximum Gasteiger partial charge on any atom is 0.343 e. The highest BCUT2D eigenvalue weighted by molar-refractivity contribution is 6.06. The van der Waals surface area contributed by atoms with Crippen molar-refractivity contribution in [2.24, 2.45) is 0 Å². The standard InChI is InChI=1S/C27H26O5/c1-3-20(2)30-19-31-24-16-12-23(13-17-24)27(29)32-25-14-9-21(10-15-25)11-18-26(28)22-7-5-4-6-8-22/h4-18,20H,3,19H2,1-2H3/b18-11+. The smallest absolute Gasteiger partial charge is 0.343 e. The van der Waals surface area contributed by atoms with Gasteiger partial charge < -0.3 is 14.2 Å². The van der Waals surface area contributed by atoms with Crippen LogP contribution in [0.25, 0.3) is 6.08 Å². The van der Waals surface area contributed by atoms with Crippen LogP contribution >= 0.6 is 0 Å². The Morgan fingerprint density at radius 2 is 1.50 bits per heavy atom. The number of rotatable bonds is 10. The number of hydrogen-bond donors (Lipinski definition) is 0. The normalized spacial score (nSPS) is 11.8. The van der Waals surface area contributed by atoms with E-state index in [1.54, 1.807) is 66.7 Å². The van der Waals surface area contributed by atoms with Crippen LogP contribution in [0.2, 0.25) is 0 Å². The lowest BCUT2D eigenvalue weighted by Crippen LogP contribution is -2.12. The molecule has 0 aliphatic heterocycles. The molecule has 3 aromatic carbocycles. The molecule has 0 aliphatic carbocycles. The van der Waals surface area contributed by atoms with Crippen LogP contribution in [0.5, 0.6) is 11.5 Å². The van der Waals surface area contributed by atoms with Crippen LogP contribution in [0.4, 0.5) is 0 Å². The zero-order valence-corrected chi connectivity index (χ0v) is 18.2. The lowest BCUT2D eigenvalue weighted by molar-refractivity contribution is -0.0290. The molecule has 3 aromatic rings. The molecular weight excluding hydrogens is 404 g/mol. The van der Waals surface area contributed by atoms with Crippen molar-refractivity contribution in [3.8, 4) is 11.5 Å². The third kappa shape index (κ3) is 6.93. The Bertz CT molecular complexity index is 1040. The van der Waals surface area contributed by atoms with Gasteiger partial charge in [0.1, 0.15) is 11.5 Å². The van der Waals surface area contributed by atoms with E-state index in [9.17, 15) is 9.59 Å². The van der Waals surface area contributed by atoms with Crippen molar-refractivity contribution in [2.75, 3.05) is 6.79 Å². The molecule has 0 N–H and O–H groups in total. The SMILES string of the molecule is CCC(C)OCOc1ccc(C(=O)Oc2ccc(/C=C/C(=O)c3ccccc3)cc2)cc1. The predicted octanol–water partition coefficient (Wildman–Crippen LogP) is 5.95. The van der Waals surface area contributed by atoms with Crippen LogP contribution in [0, 0.1) is 0 Å². The van der Waals surface area contributed by atoms with Crippen LogP contribution in [-0.4, -0.2) is 24.6 Å². The highest BCUT2D eigenvalue weighted by Gasteiger charge is 2.09. The first kappa shape index (κ1) is 23.0. The topological polar surface area (TPSA) is 61.8 Å². The van der Waals surface area contributed by atoms with Gasteiger partial charge in [-0.2, -0.15) is 0 Å². The van der Waals surface area contributed by atoms with Gasteiger partial charge >= 0.3 is 5.97 Å². The molecule has 1 atom stereocenters. The fourth-order valence-corrected chi connectivity index (χ4v) is 2.71. The molecule has 0 radical (unpaired) electrons. The maximum absolute atomic E-state index is 12.4. The zero-order valence-electron chi connectivity index (χ0n) is 18.2. The van der Waals surface area contributed by atoms with Crippen molar-refractivity contribution in [3.63, 3.8) is 0 Å². The Balaban J connectivity index is 1.52. The van der Waals surface area contributed by atoms with Gasteiger partial charge in [0, 0.05) is 5.56 Å². The van der Waals surface area contributed by atoms with E-state index in [4.69, 9.17) is 14.2 Å². The summed E-state index contributed by atoms with van der Waals surface area (Å²) in [7, 11) is 0. The quantitative estimate of drug-likeness (QED) is 0.131. The fraction of sp³-hybridized carbons (Fsp3) is 0.185. The maximum atomic E-state index is 12.4. The number of allylic oxidation sites excluding steroid dienone is 1. The summed E-state index contributed by atoms with van der Waals surface area (Å²) in [6.07, 6.45) is 4.30. The van der Waals surface area contributed by atoms with Gasteiger partial charge in [-0.3, -0.25) is 4.79 Å². The molecule has 32 heavy (non-hydrogen) atoms. The number of esters is 1. The second kappa shape index (κ2) is 11.6. The van der Waals surface area contributed by atoms with E-state index >= 15 is 0 Å². The summed E-state index contributed by atoms with van der Waals surface area (Å²) in [5, 5.41) is 0. The number of ether oxygens (including phenoxy) is 3. The van der Waals surface area contributed by atoms with E-state index in [-0.39, 0.29) is 18.7 Å². The lowest BCUT2D eigenvalue weighted by Gasteiger charge is -2.12. The summed E-state index contributed by atoms with van der Waals surface area (Å²) in [4.78, 5) is 24.5. The number of ketones is 1. The van der Waals surface area contributed by atoms with Crippen molar-refractivity contribution < 1.29 is 23.8 Å². The molecule has 164 valence electrons. The third-order valence-corrected chi connectivity index (χ3v) is 4.82. The molecule has 5 nitrogen and oxygen atoms in total. The highest BCUT2D eigenvalue weighted by atomic mass is 16.7. The van der Waals surface area contributed by atoms with Crippen LogP contribution < -0.4 is 9.47 Å². The van der Waals surface area contributed by atoms with E-state index < -0.39 is 5.97 Å². The lowest BCUT2D eigenvalue weighted by atomic mass is 10.1. The second-order valence-electron chi connectivity index (χ2n) is 7.19. The predicted molar refractivity (Wildman–Crippen MR) is 124 cm³/mol. The average Bonchev–Trinajstić information content (AvgIpc) is 2.84. The Morgan fingerprint density at radius 1 is 0.844 bits per heavy atom. The Morgan fingerprint density at radius 3 is 2.16 bits per heavy atom. The van der Waals surface area contributed by atoms with Gasteiger partial charge in [0.15, 0.2) is 12.6 Å². The van der Waals surface area contributed by atoms with E-state index in [1.165, 1.54) is 6.08 Å². The van der Waals surface area contributed by atoms with E-state index in [1.807, 2.05) is 32.0 Å². The molecule has 0 amide bonds. The Hall–Kier alpha value is -3.70. The zero-order chi connectivity index (χ0) is 22.8. The molecule has 0 aromatic heterocycles. The van der Waals surface area contributed by atoms with Gasteiger partial charge in [0.25, 0.3) is 0 Å². The summed E-state index contributed by atoms with van der Waals surface area (Å²) in [6, 6.07) is 22.7. The molecule has 3 rings (SSSR count). The summed E-state index contributed by atoms with van der Waals surface area (Å²) in [5.41, 5.74) is 1.88. The highest BCUT2D eigenvalue weighted by Crippen LogP contribution is 2.18. The van der Waals surface area contributed by atoms with E-state index in [0.29, 0.717) is 22.6 Å². The van der Waals surface area contributed by atoms with Gasteiger partial charge in [-0.05, 0) is 61.4 Å². The number of hydrogen-bond acceptors (Lipinski definition) is 5. The molecule has 0 aliphatic rings. The average molecular weight is 431 g/mol. The summed E-state index contributed by atoms with van der Waals surface area (Å²) in [6.45, 7) is 4.19. The molecule has 0 heterocycles. The third-order valence-electron chi connectivity index (χ3n) is 4.82. The first-order chi connectivity index (χ1) is 15.5. The fourth-order valence-electron chi connectivity index (χ4n) is 2.71. The number of carbonyl (C=O) groups is 2. The van der Waals surface area contributed by atoms with Crippen molar-refractivity contribution in [1.29, 1.82) is 0 Å². The van der Waals surface area contributed by atoms with Crippen LogP contribution in [-0.2, 0) is 4.74 Å². The van der Waals surface area contributed by atoms with Crippen LogP contribution in [0.1, 0.15) is 46.5 Å². The molecule has 1 unspecified atom stereocenters. The molecular formula is C27H26O5. The largest absolute Gasteiger partial charge is 0.468 e. The van der Waals surface area contributed by atoms with Crippen molar-refractivity contribution >= 4 is 17.8 Å². The summed E-state index contributed by atoms with van der Waals surface area (Å²) in [5.74, 6) is 0.504. The monoisotopic (exact) mass is 430 g/mol. The van der Waals surface area contributed by atoms with Gasteiger partial charge in [0.2, 0.25) is 0 Å². The minimum Gasteiger partial charge on any atom is -0.468 e. The van der Waals surface area contributed by atoms with Gasteiger partial charge in [0.05, 0.1) is 11.7 Å². The molecule has 0 bridgehead atoms. The minimum absolute atomic E-state index is 0.0695. The van der Waals surface area contributed by atoms with E-state index in [2.05, 4.69) is 0 Å². The van der Waals surface area contributed by atoms with Crippen molar-refractivity contribution in [2.45, 2.75) is 26.4 Å². The second-order valence-corrected chi connectivity index (χ2v) is 7.19. The first-order valence-corrected chi connectivity index (χ1v) is 10.5. The number of carbonyl (C=O) groups excluding carboxylic acids is 2. The minimum atomic E-state index is -0.463. The molecule has 5 heteroatoms. The first-order valence-electron chi connectivity index (χ1n) is 10.5. The molecule has 0 fully saturated rings.